The van der Waals surface area contributed by atoms with Crippen LogP contribution in [0.5, 0.6) is 0 Å². The predicted molar refractivity (Wildman–Crippen MR) is 140 cm³/mol. The fraction of sp³-hybridized carbons (Fsp3) is 0.321. The summed E-state index contributed by atoms with van der Waals surface area (Å²) >= 11 is 6.05. The Labute approximate surface area is 210 Å². The topological polar surface area (TPSA) is 69.7 Å². The van der Waals surface area contributed by atoms with Crippen LogP contribution in [-0.4, -0.2) is 40.7 Å². The van der Waals surface area contributed by atoms with Crippen molar-refractivity contribution in [3.8, 4) is 0 Å². The van der Waals surface area contributed by atoms with Crippen LogP contribution < -0.4 is 10.2 Å². The maximum Gasteiger partial charge on any atom is 0.259 e. The molecule has 1 N–H and O–H groups in total. The van der Waals surface area contributed by atoms with E-state index in [4.69, 9.17) is 11.6 Å². The van der Waals surface area contributed by atoms with Gasteiger partial charge in [0.25, 0.3) is 5.91 Å². The van der Waals surface area contributed by atoms with Crippen molar-refractivity contribution in [1.82, 2.24) is 10.2 Å². The molecular formula is C28H30ClN3O3. The number of hydrogen-bond donors (Lipinski definition) is 1. The third-order valence-electron chi connectivity index (χ3n) is 6.09. The lowest BCUT2D eigenvalue weighted by atomic mass is 10.1. The molecule has 7 heteroatoms. The first kappa shape index (κ1) is 24.7. The van der Waals surface area contributed by atoms with E-state index in [2.05, 4.69) is 5.32 Å². The first-order chi connectivity index (χ1) is 16.6. The average Bonchev–Trinajstić information content (AvgIpc) is 3.07. The lowest BCUT2D eigenvalue weighted by molar-refractivity contribution is -0.141. The number of anilines is 1. The number of carbonyl (C=O) groups is 3. The summed E-state index contributed by atoms with van der Waals surface area (Å²) in [6, 6.07) is 17.8. The van der Waals surface area contributed by atoms with Gasteiger partial charge in [-0.3, -0.25) is 19.3 Å². The van der Waals surface area contributed by atoms with Crippen LogP contribution in [0, 0.1) is 0 Å². The molecule has 1 aliphatic rings. The molecule has 0 radical (unpaired) electrons. The lowest BCUT2D eigenvalue weighted by Crippen LogP contribution is -2.55. The Morgan fingerprint density at radius 1 is 1.03 bits per heavy atom. The van der Waals surface area contributed by atoms with E-state index in [9.17, 15) is 14.4 Å². The minimum Gasteiger partial charge on any atom is -0.350 e. The molecular weight excluding hydrogens is 462 g/mol. The van der Waals surface area contributed by atoms with Crippen molar-refractivity contribution >= 4 is 45.8 Å². The first-order valence-electron chi connectivity index (χ1n) is 11.8. The molecule has 3 aromatic carbocycles. The second kappa shape index (κ2) is 9.70. The Morgan fingerprint density at radius 3 is 2.31 bits per heavy atom. The van der Waals surface area contributed by atoms with Crippen molar-refractivity contribution in [2.45, 2.75) is 52.2 Å². The van der Waals surface area contributed by atoms with Gasteiger partial charge in [-0.25, -0.2) is 0 Å². The van der Waals surface area contributed by atoms with Crippen LogP contribution >= 0.6 is 11.6 Å². The maximum atomic E-state index is 13.8. The summed E-state index contributed by atoms with van der Waals surface area (Å²) in [5, 5.41) is 5.41. The summed E-state index contributed by atoms with van der Waals surface area (Å²) in [6.45, 7) is 7.68. The third kappa shape index (κ3) is 5.17. The smallest absolute Gasteiger partial charge is 0.259 e. The molecule has 1 atom stereocenters. The predicted octanol–water partition coefficient (Wildman–Crippen LogP) is 5.18. The normalized spacial score (nSPS) is 13.7. The van der Waals surface area contributed by atoms with E-state index < -0.39 is 11.6 Å². The van der Waals surface area contributed by atoms with Gasteiger partial charge in [0.2, 0.25) is 11.8 Å². The molecule has 4 rings (SSSR count). The molecule has 0 saturated heterocycles. The van der Waals surface area contributed by atoms with Crippen molar-refractivity contribution in [2.24, 2.45) is 0 Å². The number of nitrogens with zero attached hydrogens (tertiary/aromatic N) is 2. The molecule has 6 nitrogen and oxygen atoms in total. The fourth-order valence-electron chi connectivity index (χ4n) is 4.52. The van der Waals surface area contributed by atoms with E-state index >= 15 is 0 Å². The van der Waals surface area contributed by atoms with Gasteiger partial charge in [0.15, 0.2) is 0 Å². The zero-order valence-electron chi connectivity index (χ0n) is 20.5. The van der Waals surface area contributed by atoms with Gasteiger partial charge in [0.1, 0.15) is 12.6 Å². The molecule has 0 fully saturated rings. The summed E-state index contributed by atoms with van der Waals surface area (Å²) in [6.07, 6.45) is 0.436. The molecule has 3 amide bonds. The number of halogens is 1. The highest BCUT2D eigenvalue weighted by atomic mass is 35.5. The van der Waals surface area contributed by atoms with Crippen molar-refractivity contribution in [3.05, 3.63) is 76.8 Å². The van der Waals surface area contributed by atoms with E-state index in [0.29, 0.717) is 17.0 Å². The monoisotopic (exact) mass is 491 g/mol. The number of rotatable bonds is 7. The Morgan fingerprint density at radius 2 is 1.69 bits per heavy atom. The fourth-order valence-corrected chi connectivity index (χ4v) is 4.65. The van der Waals surface area contributed by atoms with E-state index in [-0.39, 0.29) is 30.8 Å². The van der Waals surface area contributed by atoms with Gasteiger partial charge < -0.3 is 10.2 Å². The number of benzene rings is 3. The quantitative estimate of drug-likeness (QED) is 0.495. The number of carbonyl (C=O) groups excluding carboxylic acids is 3. The molecule has 182 valence electrons. The van der Waals surface area contributed by atoms with Crippen LogP contribution in [0.2, 0.25) is 5.02 Å². The van der Waals surface area contributed by atoms with Gasteiger partial charge >= 0.3 is 0 Å². The summed E-state index contributed by atoms with van der Waals surface area (Å²) in [4.78, 5) is 43.3. The summed E-state index contributed by atoms with van der Waals surface area (Å²) in [5.74, 6) is -0.724. The Balaban J connectivity index is 1.66. The van der Waals surface area contributed by atoms with Crippen molar-refractivity contribution in [1.29, 1.82) is 0 Å². The van der Waals surface area contributed by atoms with E-state index in [1.54, 1.807) is 23.1 Å². The number of amides is 3. The molecule has 0 aliphatic carbocycles. The van der Waals surface area contributed by atoms with Crippen molar-refractivity contribution in [3.63, 3.8) is 0 Å². The van der Waals surface area contributed by atoms with Crippen LogP contribution in [0.1, 0.15) is 50.0 Å². The molecule has 35 heavy (non-hydrogen) atoms. The highest BCUT2D eigenvalue weighted by Crippen LogP contribution is 2.37. The zero-order chi connectivity index (χ0) is 25.3. The van der Waals surface area contributed by atoms with Gasteiger partial charge in [-0.1, -0.05) is 54.9 Å². The summed E-state index contributed by atoms with van der Waals surface area (Å²) in [5.41, 5.74) is 1.72. The molecule has 0 bridgehead atoms. The summed E-state index contributed by atoms with van der Waals surface area (Å²) in [7, 11) is 0. The van der Waals surface area contributed by atoms with Crippen molar-refractivity contribution in [2.75, 3.05) is 11.4 Å². The van der Waals surface area contributed by atoms with Gasteiger partial charge in [0.05, 0.1) is 5.69 Å². The zero-order valence-corrected chi connectivity index (χ0v) is 21.2. The van der Waals surface area contributed by atoms with E-state index in [1.807, 2.05) is 70.2 Å². The van der Waals surface area contributed by atoms with Crippen LogP contribution in [0.3, 0.4) is 0 Å². The molecule has 1 unspecified atom stereocenters. The summed E-state index contributed by atoms with van der Waals surface area (Å²) < 4.78 is 0. The van der Waals surface area contributed by atoms with Crippen LogP contribution in [0.25, 0.3) is 10.8 Å². The Hall–Kier alpha value is -3.38. The standard InChI is InChI=1S/C28H30ClN3O3/c1-5-22(26(34)30-28(2,3)4)31(16-18-12-14-20(29)15-13-18)24(33)17-32-23-11-7-9-19-8-6-10-21(25(19)23)27(32)35/h6-15,22H,5,16-17H2,1-4H3,(H,30,34). The van der Waals surface area contributed by atoms with E-state index in [0.717, 1.165) is 22.0 Å². The Kier molecular flexibility index (Phi) is 6.86. The molecule has 0 aromatic heterocycles. The molecule has 3 aromatic rings. The van der Waals surface area contributed by atoms with Crippen LogP contribution in [0.4, 0.5) is 5.69 Å². The SMILES string of the molecule is CCC(C(=O)NC(C)(C)C)N(Cc1ccc(Cl)cc1)C(=O)CN1C(=O)c2cccc3cccc1c23. The van der Waals surface area contributed by atoms with E-state index in [1.165, 1.54) is 4.90 Å². The molecule has 1 aliphatic heterocycles. The largest absolute Gasteiger partial charge is 0.350 e. The van der Waals surface area contributed by atoms with Gasteiger partial charge in [-0.15, -0.1) is 0 Å². The number of hydrogen-bond acceptors (Lipinski definition) is 3. The Bertz CT molecular complexity index is 1280. The highest BCUT2D eigenvalue weighted by molar-refractivity contribution is 6.30. The van der Waals surface area contributed by atoms with Crippen molar-refractivity contribution < 1.29 is 14.4 Å². The second-order valence-electron chi connectivity index (χ2n) is 9.88. The first-order valence-corrected chi connectivity index (χ1v) is 12.2. The van der Waals surface area contributed by atoms with Crippen LogP contribution in [-0.2, 0) is 16.1 Å². The van der Waals surface area contributed by atoms with Gasteiger partial charge in [-0.2, -0.15) is 0 Å². The van der Waals surface area contributed by atoms with Gasteiger partial charge in [-0.05, 0) is 62.4 Å². The van der Waals surface area contributed by atoms with Crippen LogP contribution in [0.15, 0.2) is 60.7 Å². The average molecular weight is 492 g/mol. The van der Waals surface area contributed by atoms with Gasteiger partial charge in [0, 0.05) is 28.1 Å². The molecule has 0 saturated carbocycles. The third-order valence-corrected chi connectivity index (χ3v) is 6.34. The highest BCUT2D eigenvalue weighted by Gasteiger charge is 2.35. The molecule has 0 spiro atoms. The second-order valence-corrected chi connectivity index (χ2v) is 10.3. The number of nitrogens with one attached hydrogen (secondary N) is 1. The maximum absolute atomic E-state index is 13.8. The minimum atomic E-state index is -0.687. The molecule has 1 heterocycles. The lowest BCUT2D eigenvalue weighted by Gasteiger charge is -2.34. The minimum absolute atomic E-state index is 0.153.